The minimum atomic E-state index is -0.897. The number of carboxylic acids is 1. The minimum absolute atomic E-state index is 0.0821. The summed E-state index contributed by atoms with van der Waals surface area (Å²) in [6, 6.07) is 6.19. The smallest absolute Gasteiger partial charge is 0.307 e. The van der Waals surface area contributed by atoms with E-state index >= 15 is 0 Å². The number of benzene rings is 1. The standard InChI is InChI=1S/C14H16FNO3/c15-12-3-1-10(2-4-12)5-7-16-8-6-11(14(18)19)9-13(16)17/h1-4,11H,5-9H2,(H,18,19). The lowest BCUT2D eigenvalue weighted by atomic mass is 9.96. The van der Waals surface area contributed by atoms with Crippen LogP contribution in [0.15, 0.2) is 24.3 Å². The van der Waals surface area contributed by atoms with E-state index in [4.69, 9.17) is 5.11 Å². The monoisotopic (exact) mass is 265 g/mol. The lowest BCUT2D eigenvalue weighted by Gasteiger charge is -2.30. The number of likely N-dealkylation sites (tertiary alicyclic amines) is 1. The summed E-state index contributed by atoms with van der Waals surface area (Å²) in [4.78, 5) is 24.3. The summed E-state index contributed by atoms with van der Waals surface area (Å²) in [5, 5.41) is 8.87. The number of hydrogen-bond donors (Lipinski definition) is 1. The quantitative estimate of drug-likeness (QED) is 0.901. The second kappa shape index (κ2) is 5.82. The van der Waals surface area contributed by atoms with Crippen LogP contribution in [0.3, 0.4) is 0 Å². The Bertz CT molecular complexity index is 472. The summed E-state index contributed by atoms with van der Waals surface area (Å²) in [6.07, 6.45) is 1.24. The Balaban J connectivity index is 1.85. The molecule has 1 aromatic carbocycles. The summed E-state index contributed by atoms with van der Waals surface area (Å²) >= 11 is 0. The number of aliphatic carboxylic acids is 1. The molecular weight excluding hydrogens is 249 g/mol. The normalized spacial score (nSPS) is 19.5. The summed E-state index contributed by atoms with van der Waals surface area (Å²) in [7, 11) is 0. The van der Waals surface area contributed by atoms with E-state index in [1.54, 1.807) is 17.0 Å². The van der Waals surface area contributed by atoms with E-state index in [2.05, 4.69) is 0 Å². The fourth-order valence-corrected chi connectivity index (χ4v) is 2.24. The summed E-state index contributed by atoms with van der Waals surface area (Å²) < 4.78 is 12.7. The van der Waals surface area contributed by atoms with E-state index < -0.39 is 11.9 Å². The number of rotatable bonds is 4. The Morgan fingerprint density at radius 2 is 2.05 bits per heavy atom. The molecule has 0 saturated carbocycles. The highest BCUT2D eigenvalue weighted by atomic mass is 19.1. The van der Waals surface area contributed by atoms with Crippen molar-refractivity contribution >= 4 is 11.9 Å². The predicted molar refractivity (Wildman–Crippen MR) is 67.0 cm³/mol. The van der Waals surface area contributed by atoms with Crippen molar-refractivity contribution in [2.24, 2.45) is 5.92 Å². The first-order chi connectivity index (χ1) is 9.06. The highest BCUT2D eigenvalue weighted by Gasteiger charge is 2.29. The molecule has 0 bridgehead atoms. The van der Waals surface area contributed by atoms with Crippen LogP contribution in [0.5, 0.6) is 0 Å². The molecule has 1 unspecified atom stereocenters. The van der Waals surface area contributed by atoms with Crippen LogP contribution in [0, 0.1) is 11.7 Å². The van der Waals surface area contributed by atoms with Gasteiger partial charge in [0.1, 0.15) is 5.82 Å². The third-order valence-electron chi connectivity index (χ3n) is 3.45. The highest BCUT2D eigenvalue weighted by Crippen LogP contribution is 2.18. The summed E-state index contributed by atoms with van der Waals surface area (Å²) in [5.74, 6) is -1.83. The molecule has 0 radical (unpaired) electrons. The average molecular weight is 265 g/mol. The van der Waals surface area contributed by atoms with E-state index in [1.807, 2.05) is 0 Å². The molecule has 1 aliphatic rings. The van der Waals surface area contributed by atoms with Crippen molar-refractivity contribution in [2.45, 2.75) is 19.3 Å². The van der Waals surface area contributed by atoms with Gasteiger partial charge in [0.05, 0.1) is 5.92 Å². The molecule has 1 aliphatic heterocycles. The van der Waals surface area contributed by atoms with Gasteiger partial charge in [-0.1, -0.05) is 12.1 Å². The molecule has 102 valence electrons. The van der Waals surface area contributed by atoms with Gasteiger partial charge in [0.15, 0.2) is 0 Å². The maximum atomic E-state index is 12.7. The fraction of sp³-hybridized carbons (Fsp3) is 0.429. The first-order valence-corrected chi connectivity index (χ1v) is 6.31. The van der Waals surface area contributed by atoms with Crippen LogP contribution < -0.4 is 0 Å². The summed E-state index contributed by atoms with van der Waals surface area (Å²) in [5.41, 5.74) is 0.967. The molecule has 1 amide bonds. The zero-order chi connectivity index (χ0) is 13.8. The van der Waals surface area contributed by atoms with Gasteiger partial charge in [-0.3, -0.25) is 9.59 Å². The van der Waals surface area contributed by atoms with Crippen LogP contribution in [-0.4, -0.2) is 35.0 Å². The predicted octanol–water partition coefficient (Wildman–Crippen LogP) is 1.69. The fourth-order valence-electron chi connectivity index (χ4n) is 2.24. The van der Waals surface area contributed by atoms with Crippen molar-refractivity contribution in [1.29, 1.82) is 0 Å². The van der Waals surface area contributed by atoms with E-state index in [-0.39, 0.29) is 18.1 Å². The van der Waals surface area contributed by atoms with Gasteiger partial charge < -0.3 is 10.0 Å². The van der Waals surface area contributed by atoms with Crippen LogP contribution in [0.2, 0.25) is 0 Å². The maximum absolute atomic E-state index is 12.7. The zero-order valence-electron chi connectivity index (χ0n) is 10.5. The Hall–Kier alpha value is -1.91. The van der Waals surface area contributed by atoms with Gasteiger partial charge in [0, 0.05) is 19.5 Å². The number of nitrogens with zero attached hydrogens (tertiary/aromatic N) is 1. The van der Waals surface area contributed by atoms with E-state index in [0.29, 0.717) is 25.9 Å². The molecule has 1 aromatic rings. The van der Waals surface area contributed by atoms with Crippen LogP contribution in [0.4, 0.5) is 4.39 Å². The van der Waals surface area contributed by atoms with E-state index in [0.717, 1.165) is 5.56 Å². The van der Waals surface area contributed by atoms with Crippen molar-refractivity contribution in [3.63, 3.8) is 0 Å². The third-order valence-corrected chi connectivity index (χ3v) is 3.45. The number of carbonyl (C=O) groups excluding carboxylic acids is 1. The Labute approximate surface area is 110 Å². The van der Waals surface area contributed by atoms with Gasteiger partial charge in [-0.2, -0.15) is 0 Å². The number of carboxylic acid groups (broad SMARTS) is 1. The van der Waals surface area contributed by atoms with Crippen LogP contribution >= 0.6 is 0 Å². The molecule has 5 heteroatoms. The molecule has 1 atom stereocenters. The van der Waals surface area contributed by atoms with Gasteiger partial charge >= 0.3 is 5.97 Å². The molecular formula is C14H16FNO3. The number of amides is 1. The summed E-state index contributed by atoms with van der Waals surface area (Å²) in [6.45, 7) is 1.04. The topological polar surface area (TPSA) is 57.6 Å². The minimum Gasteiger partial charge on any atom is -0.481 e. The number of carbonyl (C=O) groups is 2. The van der Waals surface area contributed by atoms with Gasteiger partial charge in [0.25, 0.3) is 0 Å². The molecule has 1 saturated heterocycles. The van der Waals surface area contributed by atoms with Crippen LogP contribution in [0.1, 0.15) is 18.4 Å². The van der Waals surface area contributed by atoms with Crippen LogP contribution in [0.25, 0.3) is 0 Å². The Morgan fingerprint density at radius 3 is 2.63 bits per heavy atom. The Morgan fingerprint density at radius 1 is 1.37 bits per heavy atom. The number of halogens is 1. The van der Waals surface area contributed by atoms with E-state index in [9.17, 15) is 14.0 Å². The molecule has 0 spiro atoms. The van der Waals surface area contributed by atoms with Crippen molar-refractivity contribution < 1.29 is 19.1 Å². The third kappa shape index (κ3) is 3.53. The van der Waals surface area contributed by atoms with Gasteiger partial charge in [-0.15, -0.1) is 0 Å². The first-order valence-electron chi connectivity index (χ1n) is 6.31. The first kappa shape index (κ1) is 13.5. The molecule has 0 aromatic heterocycles. The molecule has 2 rings (SSSR count). The van der Waals surface area contributed by atoms with Crippen molar-refractivity contribution in [3.05, 3.63) is 35.6 Å². The maximum Gasteiger partial charge on any atom is 0.307 e. The second-order valence-corrected chi connectivity index (χ2v) is 4.79. The van der Waals surface area contributed by atoms with Gasteiger partial charge in [-0.25, -0.2) is 4.39 Å². The number of piperidine rings is 1. The number of hydrogen-bond acceptors (Lipinski definition) is 2. The van der Waals surface area contributed by atoms with Crippen LogP contribution in [-0.2, 0) is 16.0 Å². The highest BCUT2D eigenvalue weighted by molar-refractivity contribution is 5.83. The van der Waals surface area contributed by atoms with Crippen molar-refractivity contribution in [2.75, 3.05) is 13.1 Å². The molecule has 1 N–H and O–H groups in total. The molecule has 19 heavy (non-hydrogen) atoms. The molecule has 4 nitrogen and oxygen atoms in total. The second-order valence-electron chi connectivity index (χ2n) is 4.79. The molecule has 0 aliphatic carbocycles. The lowest BCUT2D eigenvalue weighted by Crippen LogP contribution is -2.41. The van der Waals surface area contributed by atoms with E-state index in [1.165, 1.54) is 12.1 Å². The largest absolute Gasteiger partial charge is 0.481 e. The van der Waals surface area contributed by atoms with Gasteiger partial charge in [0.2, 0.25) is 5.91 Å². The van der Waals surface area contributed by atoms with Gasteiger partial charge in [-0.05, 0) is 30.5 Å². The SMILES string of the molecule is O=C(O)C1CCN(CCc2ccc(F)cc2)C(=O)C1. The Kier molecular flexibility index (Phi) is 4.14. The molecule has 1 fully saturated rings. The zero-order valence-corrected chi connectivity index (χ0v) is 10.5. The van der Waals surface area contributed by atoms with Crippen molar-refractivity contribution in [1.82, 2.24) is 4.90 Å². The average Bonchev–Trinajstić information content (AvgIpc) is 2.39. The van der Waals surface area contributed by atoms with Crippen molar-refractivity contribution in [3.8, 4) is 0 Å². The molecule has 1 heterocycles. The lowest BCUT2D eigenvalue weighted by molar-refractivity contribution is -0.149.